The van der Waals surface area contributed by atoms with E-state index in [9.17, 15) is 0 Å². The Bertz CT molecular complexity index is 8060. The van der Waals surface area contributed by atoms with Crippen molar-refractivity contribution >= 4 is 119 Å². The summed E-state index contributed by atoms with van der Waals surface area (Å²) in [7, 11) is -5.20. The lowest BCUT2D eigenvalue weighted by molar-refractivity contribution is 0.660. The van der Waals surface area contributed by atoms with Crippen LogP contribution in [0.25, 0.3) is 127 Å². The summed E-state index contributed by atoms with van der Waals surface area (Å²) in [6.07, 6.45) is 0. The van der Waals surface area contributed by atoms with Crippen LogP contribution < -0.4 is 25.6 Å². The lowest BCUT2D eigenvalue weighted by Gasteiger charge is -2.50. The van der Waals surface area contributed by atoms with Crippen LogP contribution in [0.1, 0.15) is 75.0 Å². The standard InChI is InChI=1S/C117H84N4Si2/c1-115(2)93-35-13-9-29-85(93)86-65-64-84(72-100(86)115)118(81-58-50-76(51-59-81)75-27-7-6-8-28-75)82-60-52-77(53-61-82)80-57-68-112-102(71-80)117(95-37-15-21-45-107(95)120-105-44-20-12-32-89(105)90-33-25-40-98(117)113(90)120)97-39-17-24-48-111(97)123(112,5)73-74-49-66-106-92(69-74)91-34-26-41-99-114(91)121(106)108-46-22-14-36-94(108)116(99)96-38-16-23-47-109(96)122(3,4)110-67-56-79(70-101(110)116)78-54-62-83(63-55-78)119-103-42-18-10-30-87(103)88-31-11-19-43-104(88)119/h6-72H,73H2,1-5H3. The lowest BCUT2D eigenvalue weighted by atomic mass is 9.62. The minimum Gasteiger partial charge on any atom is -0.310 e. The van der Waals surface area contributed by atoms with Gasteiger partial charge in [-0.2, -0.15) is 0 Å². The average Bonchev–Trinajstić information content (AvgIpc) is 1.66. The Morgan fingerprint density at radius 2 is 0.650 bits per heavy atom. The number of fused-ring (bicyclic) bond motifs is 28. The normalized spacial score (nSPS) is 17.4. The Labute approximate surface area is 717 Å². The van der Waals surface area contributed by atoms with Crippen LogP contribution >= 0.6 is 0 Å². The van der Waals surface area contributed by atoms with Gasteiger partial charge in [0.2, 0.25) is 0 Å². The molecular formula is C117H84N4Si2. The molecule has 7 heterocycles. The molecule has 0 N–H and O–H groups in total. The van der Waals surface area contributed by atoms with Crippen molar-refractivity contribution in [3.8, 4) is 61.6 Å². The molecule has 0 radical (unpaired) electrons. The van der Waals surface area contributed by atoms with E-state index < -0.39 is 27.0 Å². The van der Waals surface area contributed by atoms with Crippen LogP contribution in [-0.4, -0.2) is 29.8 Å². The van der Waals surface area contributed by atoms with Gasteiger partial charge in [-0.25, -0.2) is 0 Å². The molecule has 2 spiro atoms. The predicted molar refractivity (Wildman–Crippen MR) is 520 cm³/mol. The quantitative estimate of drug-likeness (QED) is 0.132. The maximum atomic E-state index is 2.70. The fraction of sp³-hybridized carbons (Fsp3) is 0.0769. The van der Waals surface area contributed by atoms with Crippen LogP contribution in [0.15, 0.2) is 406 Å². The maximum absolute atomic E-state index is 2.87. The first-order valence-corrected chi connectivity index (χ1v) is 49.3. The molecule has 18 aromatic carbocycles. The van der Waals surface area contributed by atoms with Crippen molar-refractivity contribution in [3.05, 3.63) is 468 Å². The molecule has 3 unspecified atom stereocenters. The van der Waals surface area contributed by atoms with Crippen LogP contribution in [0.4, 0.5) is 17.1 Å². The monoisotopic (exact) mass is 1600 g/mol. The first-order chi connectivity index (χ1) is 60.4. The van der Waals surface area contributed by atoms with Gasteiger partial charge >= 0.3 is 0 Å². The molecule has 1 aliphatic carbocycles. The number of anilines is 3. The van der Waals surface area contributed by atoms with E-state index >= 15 is 0 Å². The minimum absolute atomic E-state index is 0.167. The number of para-hydroxylation sites is 7. The first kappa shape index (κ1) is 70.4. The molecule has 26 rings (SSSR count). The van der Waals surface area contributed by atoms with E-state index in [0.717, 1.165) is 28.8 Å². The third kappa shape index (κ3) is 9.43. The number of hydrogen-bond acceptors (Lipinski definition) is 1. The highest BCUT2D eigenvalue weighted by molar-refractivity contribution is 7.02. The topological polar surface area (TPSA) is 18.0 Å². The second kappa shape index (κ2) is 25.6. The van der Waals surface area contributed by atoms with Gasteiger partial charge in [0.1, 0.15) is 16.1 Å². The number of nitrogens with zero attached hydrogens (tertiary/aromatic N) is 4. The van der Waals surface area contributed by atoms with E-state index in [0.29, 0.717) is 0 Å². The molecule has 21 aromatic rings. The first-order valence-electron chi connectivity index (χ1n) is 43.6. The van der Waals surface area contributed by atoms with Crippen LogP contribution in [0, 0.1) is 0 Å². The van der Waals surface area contributed by atoms with E-state index in [1.165, 1.54) is 203 Å². The van der Waals surface area contributed by atoms with Crippen molar-refractivity contribution in [2.75, 3.05) is 4.90 Å². The summed E-state index contributed by atoms with van der Waals surface area (Å²) in [5.41, 5.74) is 37.7. The molecule has 0 saturated heterocycles. The summed E-state index contributed by atoms with van der Waals surface area (Å²) in [5, 5.41) is 13.6. The molecule has 123 heavy (non-hydrogen) atoms. The highest BCUT2D eigenvalue weighted by Crippen LogP contribution is 2.60. The average molecular weight is 1600 g/mol. The maximum Gasteiger partial charge on any atom is 0.120 e. The van der Waals surface area contributed by atoms with Crippen molar-refractivity contribution in [2.45, 2.75) is 55.8 Å². The molecule has 5 aliphatic rings. The van der Waals surface area contributed by atoms with Crippen molar-refractivity contribution in [2.24, 2.45) is 0 Å². The molecule has 580 valence electrons. The summed E-state index contributed by atoms with van der Waals surface area (Å²) in [4.78, 5) is 2.46. The zero-order chi connectivity index (χ0) is 81.6. The minimum atomic E-state index is -2.87. The summed E-state index contributed by atoms with van der Waals surface area (Å²) in [5.74, 6) is 0. The molecule has 4 nitrogen and oxygen atoms in total. The SMILES string of the molecule is CC1(C)c2ccccc2-c2ccc(N(c3ccc(-c4ccccc4)cc3)c3ccc(-c4ccc5c(c4)C4(c6ccccc6-n6c7ccccc7c7cccc4c76)c4ccccc4[Si]5(C)Cc4ccc5c(c4)c4cccc6c4n5-c4ccccc4C64c5ccccc5[Si](C)(C)c5ccc(-c6ccc(-n7c8ccccc8c8ccccc87)cc6)cc54)cc3)cc21. The Morgan fingerprint density at radius 3 is 1.26 bits per heavy atom. The summed E-state index contributed by atoms with van der Waals surface area (Å²) < 4.78 is 7.67. The summed E-state index contributed by atoms with van der Waals surface area (Å²) in [6, 6.07) is 158. The second-order valence-corrected chi connectivity index (χ2v) is 44.8. The molecule has 0 amide bonds. The highest BCUT2D eigenvalue weighted by Gasteiger charge is 2.57. The molecule has 6 heteroatoms. The molecule has 3 aromatic heterocycles. The smallest absolute Gasteiger partial charge is 0.120 e. The van der Waals surface area contributed by atoms with Gasteiger partial charge < -0.3 is 18.6 Å². The number of benzene rings is 18. The van der Waals surface area contributed by atoms with Crippen LogP contribution in [0.5, 0.6) is 0 Å². The van der Waals surface area contributed by atoms with E-state index in [-0.39, 0.29) is 5.41 Å². The Balaban J connectivity index is 0.641. The largest absolute Gasteiger partial charge is 0.310 e. The van der Waals surface area contributed by atoms with E-state index in [2.05, 4.69) is 459 Å². The number of rotatable bonds is 9. The van der Waals surface area contributed by atoms with Gasteiger partial charge in [0, 0.05) is 60.5 Å². The van der Waals surface area contributed by atoms with Crippen molar-refractivity contribution in [3.63, 3.8) is 0 Å². The van der Waals surface area contributed by atoms with Gasteiger partial charge in [-0.05, 0) is 236 Å². The van der Waals surface area contributed by atoms with Gasteiger partial charge in [0.05, 0.1) is 55.3 Å². The van der Waals surface area contributed by atoms with Crippen molar-refractivity contribution in [1.82, 2.24) is 13.7 Å². The second-order valence-electron chi connectivity index (χ2n) is 36.3. The summed E-state index contributed by atoms with van der Waals surface area (Å²) in [6.45, 7) is 12.6. The van der Waals surface area contributed by atoms with Gasteiger partial charge in [0.25, 0.3) is 0 Å². The van der Waals surface area contributed by atoms with Gasteiger partial charge in [-0.1, -0.05) is 337 Å². The van der Waals surface area contributed by atoms with E-state index in [4.69, 9.17) is 0 Å². The van der Waals surface area contributed by atoms with E-state index in [1.807, 2.05) is 0 Å². The zero-order valence-electron chi connectivity index (χ0n) is 69.2. The molecule has 0 bridgehead atoms. The fourth-order valence-electron chi connectivity index (χ4n) is 24.2. The number of hydrogen-bond donors (Lipinski definition) is 0. The summed E-state index contributed by atoms with van der Waals surface area (Å²) >= 11 is 0. The van der Waals surface area contributed by atoms with Crippen LogP contribution in [0.3, 0.4) is 0 Å². The molecule has 4 aliphatic heterocycles. The van der Waals surface area contributed by atoms with E-state index in [1.54, 1.807) is 0 Å². The Morgan fingerprint density at radius 1 is 0.252 bits per heavy atom. The lowest BCUT2D eigenvalue weighted by Crippen LogP contribution is -2.67. The van der Waals surface area contributed by atoms with Gasteiger partial charge in [-0.15, -0.1) is 0 Å². The van der Waals surface area contributed by atoms with Gasteiger partial charge in [-0.3, -0.25) is 0 Å². The molecule has 0 fully saturated rings. The fourth-order valence-corrected chi connectivity index (χ4v) is 31.7. The molecule has 0 saturated carbocycles. The van der Waals surface area contributed by atoms with Crippen LogP contribution in [0.2, 0.25) is 19.6 Å². The third-order valence-electron chi connectivity index (χ3n) is 29.6. The molecule has 3 atom stereocenters. The van der Waals surface area contributed by atoms with Crippen LogP contribution in [-0.2, 0) is 22.3 Å². The van der Waals surface area contributed by atoms with Gasteiger partial charge in [0.15, 0.2) is 0 Å². The zero-order valence-corrected chi connectivity index (χ0v) is 71.2. The molecular weight excluding hydrogens is 1520 g/mol. The highest BCUT2D eigenvalue weighted by atomic mass is 28.3. The Kier molecular flexibility index (Phi) is 14.7. The van der Waals surface area contributed by atoms with Crippen molar-refractivity contribution in [1.29, 1.82) is 0 Å². The third-order valence-corrected chi connectivity index (χ3v) is 37.5. The predicted octanol–water partition coefficient (Wildman–Crippen LogP) is 26.6. The van der Waals surface area contributed by atoms with Crippen molar-refractivity contribution < 1.29 is 0 Å². The number of aromatic nitrogens is 3. The Hall–Kier alpha value is -14.4.